The first-order valence-corrected chi connectivity index (χ1v) is 12.9. The van der Waals surface area contributed by atoms with Crippen molar-refractivity contribution < 1.29 is 9.15 Å². The fourth-order valence-corrected chi connectivity index (χ4v) is 4.59. The Morgan fingerprint density at radius 2 is 1.86 bits per heavy atom. The maximum atomic E-state index is 6.38. The van der Waals surface area contributed by atoms with E-state index < -0.39 is 0 Å². The number of halogens is 1. The number of ether oxygens (including phenoxy) is 1. The minimum absolute atomic E-state index is 0.687. The van der Waals surface area contributed by atoms with Gasteiger partial charge in [-0.15, -0.1) is 0 Å². The summed E-state index contributed by atoms with van der Waals surface area (Å²) in [5, 5.41) is 10.2. The molecule has 5 heterocycles. The molecule has 0 amide bonds. The lowest BCUT2D eigenvalue weighted by atomic mass is 10.2. The summed E-state index contributed by atoms with van der Waals surface area (Å²) in [5.74, 6) is 1.51. The van der Waals surface area contributed by atoms with Crippen LogP contribution < -0.4 is 4.90 Å². The molecule has 5 aromatic rings. The third kappa shape index (κ3) is 4.49. The molecule has 0 radical (unpaired) electrons. The zero-order chi connectivity index (χ0) is 23.6. The first-order valence-electron chi connectivity index (χ1n) is 11.8. The number of fused-ring (bicyclic) bond motifs is 1. The Labute approximate surface area is 211 Å². The van der Waals surface area contributed by atoms with E-state index >= 15 is 0 Å². The average molecular weight is 533 g/mol. The van der Waals surface area contributed by atoms with Crippen molar-refractivity contribution in [1.29, 1.82) is 0 Å². The second kappa shape index (κ2) is 9.67. The van der Waals surface area contributed by atoms with E-state index in [1.165, 1.54) is 0 Å². The molecule has 0 spiro atoms. The molecule has 0 bridgehead atoms. The Morgan fingerprint density at radius 1 is 1.00 bits per heavy atom. The zero-order valence-electron chi connectivity index (χ0n) is 19.2. The zero-order valence-corrected chi connectivity index (χ0v) is 20.8. The van der Waals surface area contributed by atoms with E-state index in [4.69, 9.17) is 19.2 Å². The van der Waals surface area contributed by atoms with E-state index in [0.29, 0.717) is 13.2 Å². The number of benzene rings is 1. The molecule has 1 fully saturated rings. The van der Waals surface area contributed by atoms with Gasteiger partial charge in [0.05, 0.1) is 36.4 Å². The quantitative estimate of drug-likeness (QED) is 0.269. The highest BCUT2D eigenvalue weighted by atomic mass is 79.9. The van der Waals surface area contributed by atoms with Gasteiger partial charge in [-0.2, -0.15) is 10.2 Å². The number of morpholine rings is 1. The van der Waals surface area contributed by atoms with Crippen LogP contribution in [-0.4, -0.2) is 56.2 Å². The molecule has 8 nitrogen and oxygen atoms in total. The molecule has 6 rings (SSSR count). The van der Waals surface area contributed by atoms with Crippen molar-refractivity contribution in [3.8, 4) is 28.4 Å². The van der Waals surface area contributed by atoms with Gasteiger partial charge < -0.3 is 14.1 Å². The van der Waals surface area contributed by atoms with Gasteiger partial charge in [0, 0.05) is 55.1 Å². The number of rotatable bonds is 7. The Balaban J connectivity index is 1.42. The summed E-state index contributed by atoms with van der Waals surface area (Å²) in [6.45, 7) is 3.83. The first-order chi connectivity index (χ1) is 17.3. The SMILES string of the molecule is BrCCCn1cc(-c2cc3nc(-n4ccc(-c5ccccc5)n4)cc(N4CCOCC4)c3o2)cn1. The van der Waals surface area contributed by atoms with Gasteiger partial charge in [-0.1, -0.05) is 46.3 Å². The summed E-state index contributed by atoms with van der Waals surface area (Å²) in [4.78, 5) is 7.22. The molecule has 9 heteroatoms. The van der Waals surface area contributed by atoms with Crippen molar-refractivity contribution in [2.45, 2.75) is 13.0 Å². The molecule has 0 saturated carbocycles. The van der Waals surface area contributed by atoms with Crippen LogP contribution in [0.5, 0.6) is 0 Å². The molecule has 35 heavy (non-hydrogen) atoms. The highest BCUT2D eigenvalue weighted by Crippen LogP contribution is 2.35. The summed E-state index contributed by atoms with van der Waals surface area (Å²) in [5.41, 5.74) is 5.49. The number of aromatic nitrogens is 5. The Bertz CT molecular complexity index is 1430. The fraction of sp³-hybridized carbons (Fsp3) is 0.269. The number of aryl methyl sites for hydroxylation is 1. The smallest absolute Gasteiger partial charge is 0.176 e. The third-order valence-electron chi connectivity index (χ3n) is 6.13. The van der Waals surface area contributed by atoms with Crippen molar-refractivity contribution in [2.24, 2.45) is 0 Å². The van der Waals surface area contributed by atoms with Gasteiger partial charge in [-0.25, -0.2) is 9.67 Å². The molecule has 1 aliphatic heterocycles. The van der Waals surface area contributed by atoms with Crippen LogP contribution in [0, 0.1) is 0 Å². The van der Waals surface area contributed by atoms with Gasteiger partial charge in [0.15, 0.2) is 11.4 Å². The van der Waals surface area contributed by atoms with Gasteiger partial charge in [-0.05, 0) is 12.5 Å². The summed E-state index contributed by atoms with van der Waals surface area (Å²) < 4.78 is 15.7. The fourth-order valence-electron chi connectivity index (χ4n) is 4.34. The lowest BCUT2D eigenvalue weighted by Gasteiger charge is -2.28. The number of hydrogen-bond donors (Lipinski definition) is 0. The monoisotopic (exact) mass is 532 g/mol. The van der Waals surface area contributed by atoms with Crippen LogP contribution in [0.25, 0.3) is 39.5 Å². The molecule has 178 valence electrons. The molecular weight excluding hydrogens is 508 g/mol. The van der Waals surface area contributed by atoms with E-state index in [-0.39, 0.29) is 0 Å². The minimum atomic E-state index is 0.687. The van der Waals surface area contributed by atoms with E-state index in [9.17, 15) is 0 Å². The number of hydrogen-bond acceptors (Lipinski definition) is 6. The van der Waals surface area contributed by atoms with Crippen LogP contribution in [0.2, 0.25) is 0 Å². The Kier molecular flexibility index (Phi) is 6.10. The predicted octanol–water partition coefficient (Wildman–Crippen LogP) is 5.17. The molecule has 1 saturated heterocycles. The molecule has 1 aliphatic rings. The van der Waals surface area contributed by atoms with Crippen LogP contribution in [0.4, 0.5) is 5.69 Å². The van der Waals surface area contributed by atoms with E-state index in [1.807, 2.05) is 58.3 Å². The lowest BCUT2D eigenvalue weighted by molar-refractivity contribution is 0.122. The van der Waals surface area contributed by atoms with Crippen LogP contribution in [0.1, 0.15) is 6.42 Å². The third-order valence-corrected chi connectivity index (χ3v) is 6.69. The van der Waals surface area contributed by atoms with Crippen molar-refractivity contribution in [3.63, 3.8) is 0 Å². The van der Waals surface area contributed by atoms with Gasteiger partial charge in [0.2, 0.25) is 0 Å². The van der Waals surface area contributed by atoms with E-state index in [0.717, 1.165) is 76.6 Å². The van der Waals surface area contributed by atoms with Crippen molar-refractivity contribution in [1.82, 2.24) is 24.5 Å². The summed E-state index contributed by atoms with van der Waals surface area (Å²) >= 11 is 3.48. The molecule has 0 unspecified atom stereocenters. The maximum absolute atomic E-state index is 6.38. The number of nitrogens with zero attached hydrogens (tertiary/aromatic N) is 6. The maximum Gasteiger partial charge on any atom is 0.176 e. The summed E-state index contributed by atoms with van der Waals surface area (Å²) in [7, 11) is 0. The average Bonchev–Trinajstić information content (AvgIpc) is 3.67. The number of furan rings is 1. The lowest BCUT2D eigenvalue weighted by Crippen LogP contribution is -2.36. The van der Waals surface area contributed by atoms with Gasteiger partial charge >= 0.3 is 0 Å². The van der Waals surface area contributed by atoms with Crippen LogP contribution in [0.3, 0.4) is 0 Å². The topological polar surface area (TPSA) is 74.1 Å². The van der Waals surface area contributed by atoms with E-state index in [2.05, 4.69) is 44.1 Å². The van der Waals surface area contributed by atoms with E-state index in [1.54, 1.807) is 0 Å². The van der Waals surface area contributed by atoms with Gasteiger partial charge in [0.1, 0.15) is 11.3 Å². The van der Waals surface area contributed by atoms with Crippen LogP contribution >= 0.6 is 15.9 Å². The number of anilines is 1. The van der Waals surface area contributed by atoms with Crippen molar-refractivity contribution >= 4 is 32.7 Å². The summed E-state index contributed by atoms with van der Waals surface area (Å²) in [6, 6.07) is 16.2. The molecular formula is C26H25BrN6O2. The van der Waals surface area contributed by atoms with Gasteiger partial charge in [0.25, 0.3) is 0 Å². The Hall–Kier alpha value is -3.43. The number of pyridine rings is 1. The minimum Gasteiger partial charge on any atom is -0.452 e. The predicted molar refractivity (Wildman–Crippen MR) is 139 cm³/mol. The molecule has 0 atom stereocenters. The first kappa shape index (κ1) is 22.1. The standard InChI is InChI=1S/C26H25BrN6O2/c27-8-4-9-32-18-20(17-28-32)24-15-22-26(35-24)23(31-11-13-34-14-12-31)16-25(29-22)33-10-7-21(30-33)19-5-2-1-3-6-19/h1-3,5-7,10,15-18H,4,8-9,11-14H2. The second-order valence-corrected chi connectivity index (χ2v) is 9.26. The number of alkyl halides is 1. The second-order valence-electron chi connectivity index (χ2n) is 8.47. The highest BCUT2D eigenvalue weighted by molar-refractivity contribution is 9.09. The van der Waals surface area contributed by atoms with Crippen molar-refractivity contribution in [3.05, 3.63) is 67.1 Å². The summed E-state index contributed by atoms with van der Waals surface area (Å²) in [6.07, 6.45) is 6.84. The highest BCUT2D eigenvalue weighted by Gasteiger charge is 2.21. The molecule has 1 aromatic carbocycles. The Morgan fingerprint density at radius 3 is 2.69 bits per heavy atom. The van der Waals surface area contributed by atoms with Gasteiger partial charge in [-0.3, -0.25) is 4.68 Å². The largest absolute Gasteiger partial charge is 0.452 e. The van der Waals surface area contributed by atoms with Crippen LogP contribution in [-0.2, 0) is 11.3 Å². The molecule has 0 aliphatic carbocycles. The van der Waals surface area contributed by atoms with Crippen LogP contribution in [0.15, 0.2) is 71.5 Å². The molecule has 0 N–H and O–H groups in total. The molecule has 4 aromatic heterocycles. The van der Waals surface area contributed by atoms with Crippen molar-refractivity contribution in [2.75, 3.05) is 36.5 Å². The normalized spacial score (nSPS) is 14.1.